The molecule has 3 heteroatoms. The molecule has 14 heavy (non-hydrogen) atoms. The molecule has 2 N–H and O–H groups in total. The maximum Gasteiger partial charge on any atom is 0.0344 e. The van der Waals surface area contributed by atoms with Crippen LogP contribution in [0.3, 0.4) is 0 Å². The van der Waals surface area contributed by atoms with Gasteiger partial charge in [0.05, 0.1) is 0 Å². The van der Waals surface area contributed by atoms with E-state index >= 15 is 0 Å². The van der Waals surface area contributed by atoms with Crippen molar-refractivity contribution in [1.29, 1.82) is 0 Å². The summed E-state index contributed by atoms with van der Waals surface area (Å²) < 4.78 is 2.42. The summed E-state index contributed by atoms with van der Waals surface area (Å²) in [7, 11) is 0. The Labute approximate surface area is 89.6 Å². The van der Waals surface area contributed by atoms with Crippen LogP contribution in [0.4, 0.5) is 5.69 Å². The first-order chi connectivity index (χ1) is 6.75. The van der Waals surface area contributed by atoms with Crippen molar-refractivity contribution in [1.82, 2.24) is 4.31 Å². The lowest BCUT2D eigenvalue weighted by molar-refractivity contribution is 0.586. The normalized spacial score (nSPS) is 17.5. The number of aryl methyl sites for hydroxylation is 1. The molecule has 0 aromatic heterocycles. The first-order valence-electron chi connectivity index (χ1n) is 5.05. The predicted molar refractivity (Wildman–Crippen MR) is 62.3 cm³/mol. The molecule has 1 fully saturated rings. The van der Waals surface area contributed by atoms with Gasteiger partial charge in [0.2, 0.25) is 0 Å². The molecule has 2 rings (SSSR count). The van der Waals surface area contributed by atoms with Crippen LogP contribution in [0.2, 0.25) is 0 Å². The third-order valence-corrected chi connectivity index (χ3v) is 3.63. The van der Waals surface area contributed by atoms with Gasteiger partial charge >= 0.3 is 0 Å². The van der Waals surface area contributed by atoms with Gasteiger partial charge < -0.3 is 5.73 Å². The summed E-state index contributed by atoms with van der Waals surface area (Å²) in [6.45, 7) is 4.49. The van der Waals surface area contributed by atoms with Gasteiger partial charge in [0.15, 0.2) is 0 Å². The summed E-state index contributed by atoms with van der Waals surface area (Å²) in [6, 6.07) is 6.26. The van der Waals surface area contributed by atoms with Crippen LogP contribution in [-0.2, 0) is 0 Å². The summed E-state index contributed by atoms with van der Waals surface area (Å²) in [6.07, 6.45) is 2.67. The summed E-state index contributed by atoms with van der Waals surface area (Å²) >= 11 is 1.85. The maximum atomic E-state index is 5.77. The molecule has 0 unspecified atom stereocenters. The number of hydrogen-bond acceptors (Lipinski definition) is 3. The quantitative estimate of drug-likeness (QED) is 0.598. The fraction of sp³-hybridized carbons (Fsp3) is 0.455. The van der Waals surface area contributed by atoms with Crippen molar-refractivity contribution in [3.63, 3.8) is 0 Å². The summed E-state index contributed by atoms with van der Waals surface area (Å²) in [4.78, 5) is 1.30. The minimum Gasteiger partial charge on any atom is -0.399 e. The van der Waals surface area contributed by atoms with E-state index in [4.69, 9.17) is 5.73 Å². The molecule has 1 aliphatic rings. The molecular formula is C11H16N2S. The molecule has 0 saturated carbocycles. The number of nitrogens with two attached hydrogens (primary N) is 1. The van der Waals surface area contributed by atoms with E-state index in [9.17, 15) is 0 Å². The summed E-state index contributed by atoms with van der Waals surface area (Å²) in [5.74, 6) is 0. The Morgan fingerprint density at radius 3 is 2.64 bits per heavy atom. The largest absolute Gasteiger partial charge is 0.399 e. The Morgan fingerprint density at radius 1 is 1.29 bits per heavy atom. The van der Waals surface area contributed by atoms with E-state index in [1.807, 2.05) is 18.0 Å². The molecule has 2 nitrogen and oxygen atoms in total. The molecule has 0 aliphatic carbocycles. The van der Waals surface area contributed by atoms with E-state index in [1.165, 1.54) is 36.4 Å². The Bertz CT molecular complexity index is 319. The fourth-order valence-corrected chi connectivity index (χ4v) is 2.73. The number of nitrogen functional groups attached to an aromatic ring is 1. The molecule has 1 saturated heterocycles. The maximum absolute atomic E-state index is 5.77. The van der Waals surface area contributed by atoms with Crippen molar-refractivity contribution in [2.75, 3.05) is 18.8 Å². The lowest BCUT2D eigenvalue weighted by Crippen LogP contribution is -2.08. The molecule has 0 bridgehead atoms. The van der Waals surface area contributed by atoms with Gasteiger partial charge in [-0.05, 0) is 55.5 Å². The van der Waals surface area contributed by atoms with Gasteiger partial charge in [-0.1, -0.05) is 0 Å². The second kappa shape index (κ2) is 4.24. The van der Waals surface area contributed by atoms with E-state index < -0.39 is 0 Å². The van der Waals surface area contributed by atoms with Crippen LogP contribution in [0, 0.1) is 6.92 Å². The first-order valence-corrected chi connectivity index (χ1v) is 5.82. The first kappa shape index (κ1) is 9.87. The topological polar surface area (TPSA) is 29.3 Å². The Hall–Kier alpha value is -0.670. The molecule has 1 aromatic rings. The predicted octanol–water partition coefficient (Wildman–Crippen LogP) is 2.68. The molecule has 0 spiro atoms. The standard InChI is InChI=1S/C11H16N2S/c1-9-8-10(4-5-11(9)12)14-13-6-2-3-7-13/h4-5,8H,2-3,6-7,12H2,1H3. The van der Waals surface area contributed by atoms with Gasteiger partial charge in [-0.25, -0.2) is 4.31 Å². The molecule has 1 aromatic carbocycles. The average Bonchev–Trinajstić information content (AvgIpc) is 2.64. The third-order valence-electron chi connectivity index (χ3n) is 2.54. The van der Waals surface area contributed by atoms with Crippen molar-refractivity contribution < 1.29 is 0 Å². The number of hydrogen-bond donors (Lipinski definition) is 1. The van der Waals surface area contributed by atoms with Crippen LogP contribution >= 0.6 is 11.9 Å². The van der Waals surface area contributed by atoms with E-state index in [2.05, 4.69) is 23.4 Å². The monoisotopic (exact) mass is 208 g/mol. The minimum atomic E-state index is 0.885. The van der Waals surface area contributed by atoms with Crippen molar-refractivity contribution in [2.24, 2.45) is 0 Å². The van der Waals surface area contributed by atoms with Crippen LogP contribution in [0.1, 0.15) is 18.4 Å². The van der Waals surface area contributed by atoms with E-state index in [0.717, 1.165) is 5.69 Å². The van der Waals surface area contributed by atoms with Gasteiger partial charge in [-0.3, -0.25) is 0 Å². The van der Waals surface area contributed by atoms with Gasteiger partial charge in [0, 0.05) is 23.7 Å². The smallest absolute Gasteiger partial charge is 0.0344 e. The van der Waals surface area contributed by atoms with Crippen molar-refractivity contribution >= 4 is 17.6 Å². The second-order valence-corrected chi connectivity index (χ2v) is 4.92. The van der Waals surface area contributed by atoms with Crippen LogP contribution < -0.4 is 5.73 Å². The minimum absolute atomic E-state index is 0.885. The third kappa shape index (κ3) is 2.22. The zero-order chi connectivity index (χ0) is 9.97. The van der Waals surface area contributed by atoms with Crippen LogP contribution in [-0.4, -0.2) is 17.4 Å². The zero-order valence-electron chi connectivity index (χ0n) is 8.49. The van der Waals surface area contributed by atoms with Crippen LogP contribution in [0.5, 0.6) is 0 Å². The number of anilines is 1. The fourth-order valence-electron chi connectivity index (χ4n) is 1.63. The molecule has 0 atom stereocenters. The summed E-state index contributed by atoms with van der Waals surface area (Å²) in [5, 5.41) is 0. The highest BCUT2D eigenvalue weighted by atomic mass is 32.2. The molecule has 1 heterocycles. The molecule has 76 valence electrons. The summed E-state index contributed by atoms with van der Waals surface area (Å²) in [5.41, 5.74) is 7.83. The molecular weight excluding hydrogens is 192 g/mol. The highest BCUT2D eigenvalue weighted by Crippen LogP contribution is 2.28. The highest BCUT2D eigenvalue weighted by Gasteiger charge is 2.12. The van der Waals surface area contributed by atoms with Gasteiger partial charge in [-0.15, -0.1) is 0 Å². The van der Waals surface area contributed by atoms with Crippen LogP contribution in [0.25, 0.3) is 0 Å². The highest BCUT2D eigenvalue weighted by molar-refractivity contribution is 7.97. The van der Waals surface area contributed by atoms with Crippen molar-refractivity contribution in [2.45, 2.75) is 24.7 Å². The van der Waals surface area contributed by atoms with Crippen molar-refractivity contribution in [3.05, 3.63) is 23.8 Å². The molecule has 1 aliphatic heterocycles. The zero-order valence-corrected chi connectivity index (χ0v) is 9.31. The number of nitrogens with zero attached hydrogens (tertiary/aromatic N) is 1. The average molecular weight is 208 g/mol. The van der Waals surface area contributed by atoms with E-state index in [0.29, 0.717) is 0 Å². The van der Waals surface area contributed by atoms with E-state index in [-0.39, 0.29) is 0 Å². The second-order valence-electron chi connectivity index (χ2n) is 3.75. The number of rotatable bonds is 2. The SMILES string of the molecule is Cc1cc(SN2CCCC2)ccc1N. The van der Waals surface area contributed by atoms with Gasteiger partial charge in [0.1, 0.15) is 0 Å². The van der Waals surface area contributed by atoms with Crippen molar-refractivity contribution in [3.8, 4) is 0 Å². The lowest BCUT2D eigenvalue weighted by Gasteiger charge is -2.13. The lowest BCUT2D eigenvalue weighted by atomic mass is 10.2. The Morgan fingerprint density at radius 2 is 2.00 bits per heavy atom. The number of benzene rings is 1. The van der Waals surface area contributed by atoms with Gasteiger partial charge in [0.25, 0.3) is 0 Å². The molecule has 0 amide bonds. The molecule has 0 radical (unpaired) electrons. The Balaban J connectivity index is 2.05. The van der Waals surface area contributed by atoms with Gasteiger partial charge in [-0.2, -0.15) is 0 Å². The van der Waals surface area contributed by atoms with E-state index in [1.54, 1.807) is 0 Å². The Kier molecular flexibility index (Phi) is 2.99. The van der Waals surface area contributed by atoms with Crippen LogP contribution in [0.15, 0.2) is 23.1 Å².